The van der Waals surface area contributed by atoms with Gasteiger partial charge >= 0.3 is 5.97 Å². The highest BCUT2D eigenvalue weighted by molar-refractivity contribution is 5.96. The van der Waals surface area contributed by atoms with Gasteiger partial charge in [-0.3, -0.25) is 9.48 Å². The van der Waals surface area contributed by atoms with Gasteiger partial charge in [-0.15, -0.1) is 0 Å². The Morgan fingerprint density at radius 1 is 1.23 bits per heavy atom. The number of carbonyl (C=O) groups is 2. The first kappa shape index (κ1) is 15.8. The summed E-state index contributed by atoms with van der Waals surface area (Å²) in [5.41, 5.74) is 2.98. The molecule has 6 heteroatoms. The average molecular weight is 301 g/mol. The third-order valence-electron chi connectivity index (χ3n) is 3.64. The summed E-state index contributed by atoms with van der Waals surface area (Å²) in [6.45, 7) is 2.45. The SMILES string of the molecule is COC(=O)c1ccc(C(=O)N(C)Cc2cnn(C)c2C)cc1. The van der Waals surface area contributed by atoms with Crippen molar-refractivity contribution >= 4 is 11.9 Å². The van der Waals surface area contributed by atoms with Crippen LogP contribution in [0.15, 0.2) is 30.5 Å². The molecule has 0 N–H and O–H groups in total. The van der Waals surface area contributed by atoms with Crippen LogP contribution in [0.1, 0.15) is 32.0 Å². The van der Waals surface area contributed by atoms with E-state index in [0.717, 1.165) is 11.3 Å². The van der Waals surface area contributed by atoms with Crippen molar-refractivity contribution in [3.05, 3.63) is 52.8 Å². The highest BCUT2D eigenvalue weighted by Gasteiger charge is 2.15. The minimum atomic E-state index is -0.418. The molecule has 0 saturated carbocycles. The lowest BCUT2D eigenvalue weighted by atomic mass is 10.1. The third-order valence-corrected chi connectivity index (χ3v) is 3.64. The third kappa shape index (κ3) is 3.16. The van der Waals surface area contributed by atoms with E-state index in [9.17, 15) is 9.59 Å². The number of esters is 1. The molecule has 116 valence electrons. The molecule has 1 amide bonds. The first-order valence-electron chi connectivity index (χ1n) is 6.85. The summed E-state index contributed by atoms with van der Waals surface area (Å²) in [5.74, 6) is -0.530. The Labute approximate surface area is 129 Å². The van der Waals surface area contributed by atoms with Crippen molar-refractivity contribution in [2.45, 2.75) is 13.5 Å². The van der Waals surface area contributed by atoms with Crippen LogP contribution < -0.4 is 0 Å². The van der Waals surface area contributed by atoms with Crippen LogP contribution in [-0.4, -0.2) is 40.7 Å². The topological polar surface area (TPSA) is 64.4 Å². The predicted molar refractivity (Wildman–Crippen MR) is 81.5 cm³/mol. The zero-order valence-electron chi connectivity index (χ0n) is 13.2. The number of hydrogen-bond donors (Lipinski definition) is 0. The fraction of sp³-hybridized carbons (Fsp3) is 0.312. The maximum atomic E-state index is 12.4. The average Bonchev–Trinajstić information content (AvgIpc) is 2.85. The first-order chi connectivity index (χ1) is 10.4. The molecule has 1 aromatic heterocycles. The number of aryl methyl sites for hydroxylation is 1. The van der Waals surface area contributed by atoms with Crippen LogP contribution in [0.25, 0.3) is 0 Å². The number of hydrogen-bond acceptors (Lipinski definition) is 4. The zero-order chi connectivity index (χ0) is 16.3. The second kappa shape index (κ2) is 6.43. The molecule has 0 fully saturated rings. The molecule has 0 aliphatic heterocycles. The van der Waals surface area contributed by atoms with Gasteiger partial charge in [0, 0.05) is 37.5 Å². The molecule has 2 aromatic rings. The molecule has 6 nitrogen and oxygen atoms in total. The number of rotatable bonds is 4. The molecular weight excluding hydrogens is 282 g/mol. The summed E-state index contributed by atoms with van der Waals surface area (Å²) in [4.78, 5) is 25.4. The van der Waals surface area contributed by atoms with Crippen molar-refractivity contribution in [3.63, 3.8) is 0 Å². The van der Waals surface area contributed by atoms with E-state index in [1.807, 2.05) is 14.0 Å². The lowest BCUT2D eigenvalue weighted by molar-refractivity contribution is 0.0600. The number of methoxy groups -OCH3 is 1. The molecule has 22 heavy (non-hydrogen) atoms. The van der Waals surface area contributed by atoms with Crippen LogP contribution >= 0.6 is 0 Å². The Hall–Kier alpha value is -2.63. The van der Waals surface area contributed by atoms with E-state index in [1.54, 1.807) is 47.1 Å². The van der Waals surface area contributed by atoms with Crippen LogP contribution in [-0.2, 0) is 18.3 Å². The Balaban J connectivity index is 2.10. The number of amides is 1. The Bertz CT molecular complexity index is 689. The zero-order valence-corrected chi connectivity index (χ0v) is 13.2. The van der Waals surface area contributed by atoms with Crippen molar-refractivity contribution in [3.8, 4) is 0 Å². The van der Waals surface area contributed by atoms with Gasteiger partial charge in [0.25, 0.3) is 5.91 Å². The van der Waals surface area contributed by atoms with Crippen molar-refractivity contribution in [2.75, 3.05) is 14.2 Å². The number of aromatic nitrogens is 2. The smallest absolute Gasteiger partial charge is 0.337 e. The van der Waals surface area contributed by atoms with E-state index in [0.29, 0.717) is 17.7 Å². The van der Waals surface area contributed by atoms with Crippen molar-refractivity contribution < 1.29 is 14.3 Å². The molecule has 0 unspecified atom stereocenters. The normalized spacial score (nSPS) is 10.4. The van der Waals surface area contributed by atoms with E-state index in [-0.39, 0.29) is 5.91 Å². The van der Waals surface area contributed by atoms with E-state index in [1.165, 1.54) is 7.11 Å². The highest BCUT2D eigenvalue weighted by atomic mass is 16.5. The Morgan fingerprint density at radius 3 is 2.32 bits per heavy atom. The molecule has 1 aromatic carbocycles. The van der Waals surface area contributed by atoms with Gasteiger partial charge < -0.3 is 9.64 Å². The second-order valence-electron chi connectivity index (χ2n) is 5.11. The Kier molecular flexibility index (Phi) is 4.60. The van der Waals surface area contributed by atoms with Crippen molar-refractivity contribution in [1.29, 1.82) is 0 Å². The van der Waals surface area contributed by atoms with E-state index in [2.05, 4.69) is 9.84 Å². The summed E-state index contributed by atoms with van der Waals surface area (Å²) in [6, 6.07) is 6.42. The van der Waals surface area contributed by atoms with E-state index >= 15 is 0 Å². The number of benzene rings is 1. The summed E-state index contributed by atoms with van der Waals surface area (Å²) in [7, 11) is 4.93. The maximum absolute atomic E-state index is 12.4. The van der Waals surface area contributed by atoms with Crippen LogP contribution in [0.2, 0.25) is 0 Å². The van der Waals surface area contributed by atoms with Crippen LogP contribution in [0.5, 0.6) is 0 Å². The minimum absolute atomic E-state index is 0.111. The molecule has 0 radical (unpaired) electrons. The van der Waals surface area contributed by atoms with Crippen molar-refractivity contribution in [1.82, 2.24) is 14.7 Å². The monoisotopic (exact) mass is 301 g/mol. The van der Waals surface area contributed by atoms with Gasteiger partial charge in [0.2, 0.25) is 0 Å². The summed E-state index contributed by atoms with van der Waals surface area (Å²) < 4.78 is 6.41. The van der Waals surface area contributed by atoms with Gasteiger partial charge in [-0.25, -0.2) is 4.79 Å². The number of ether oxygens (including phenoxy) is 1. The van der Waals surface area contributed by atoms with E-state index in [4.69, 9.17) is 0 Å². The van der Waals surface area contributed by atoms with Crippen LogP contribution in [0.4, 0.5) is 0 Å². The second-order valence-corrected chi connectivity index (χ2v) is 5.11. The van der Waals surface area contributed by atoms with Gasteiger partial charge in [-0.05, 0) is 31.2 Å². The molecule has 0 atom stereocenters. The first-order valence-corrected chi connectivity index (χ1v) is 6.85. The summed E-state index contributed by atoms with van der Waals surface area (Å²) in [5, 5.41) is 4.17. The maximum Gasteiger partial charge on any atom is 0.337 e. The van der Waals surface area contributed by atoms with Crippen LogP contribution in [0.3, 0.4) is 0 Å². The molecular formula is C16H19N3O3. The minimum Gasteiger partial charge on any atom is -0.465 e. The summed E-state index contributed by atoms with van der Waals surface area (Å²) >= 11 is 0. The fourth-order valence-corrected chi connectivity index (χ4v) is 2.11. The fourth-order valence-electron chi connectivity index (χ4n) is 2.11. The lowest BCUT2D eigenvalue weighted by Crippen LogP contribution is -2.26. The predicted octanol–water partition coefficient (Wildman–Crippen LogP) is 1.79. The van der Waals surface area contributed by atoms with Gasteiger partial charge in [-0.1, -0.05) is 0 Å². The molecule has 2 rings (SSSR count). The number of carbonyl (C=O) groups excluding carboxylic acids is 2. The van der Waals surface area contributed by atoms with Crippen molar-refractivity contribution in [2.24, 2.45) is 7.05 Å². The largest absolute Gasteiger partial charge is 0.465 e. The summed E-state index contributed by atoms with van der Waals surface area (Å²) in [6.07, 6.45) is 1.76. The van der Waals surface area contributed by atoms with Gasteiger partial charge in [0.15, 0.2) is 0 Å². The van der Waals surface area contributed by atoms with E-state index < -0.39 is 5.97 Å². The molecule has 0 saturated heterocycles. The Morgan fingerprint density at radius 2 is 1.82 bits per heavy atom. The standard InChI is InChI=1S/C16H19N3O3/c1-11-14(9-17-19(11)3)10-18(2)15(20)12-5-7-13(8-6-12)16(21)22-4/h5-9H,10H2,1-4H3. The quantitative estimate of drug-likeness (QED) is 0.808. The lowest BCUT2D eigenvalue weighted by Gasteiger charge is -2.17. The van der Waals surface area contributed by atoms with Gasteiger partial charge in [0.05, 0.1) is 18.9 Å². The molecule has 1 heterocycles. The molecule has 0 aliphatic rings. The molecule has 0 spiro atoms. The molecule has 0 bridgehead atoms. The van der Waals surface area contributed by atoms with Gasteiger partial charge in [-0.2, -0.15) is 5.10 Å². The van der Waals surface area contributed by atoms with Gasteiger partial charge in [0.1, 0.15) is 0 Å². The van der Waals surface area contributed by atoms with Crippen LogP contribution in [0, 0.1) is 6.92 Å². The molecule has 0 aliphatic carbocycles. The number of nitrogens with zero attached hydrogens (tertiary/aromatic N) is 3. The highest BCUT2D eigenvalue weighted by Crippen LogP contribution is 2.12.